The second-order valence-corrected chi connectivity index (χ2v) is 6.19. The number of fused-ring (bicyclic) bond motifs is 1. The first kappa shape index (κ1) is 13.2. The van der Waals surface area contributed by atoms with Crippen LogP contribution >= 0.6 is 11.3 Å². The third-order valence-corrected chi connectivity index (χ3v) is 4.88. The molecule has 0 saturated carbocycles. The molecule has 1 heterocycles. The molecule has 0 bridgehead atoms. The lowest BCUT2D eigenvalue weighted by atomic mass is 10.3. The van der Waals surface area contributed by atoms with Gasteiger partial charge in [-0.15, -0.1) is 11.3 Å². The first-order valence-electron chi connectivity index (χ1n) is 5.01. The van der Waals surface area contributed by atoms with Crippen molar-refractivity contribution < 1.29 is 17.4 Å². The highest BCUT2D eigenvalue weighted by molar-refractivity contribution is 7.87. The van der Waals surface area contributed by atoms with Crippen LogP contribution in [0, 0.1) is 0 Å². The van der Waals surface area contributed by atoms with Crippen molar-refractivity contribution in [2.45, 2.75) is 10.8 Å². The normalized spacial score (nSPS) is 12.6. The molecule has 0 saturated heterocycles. The number of benzene rings is 1. The molecule has 0 radical (unpaired) electrons. The predicted octanol–water partition coefficient (Wildman–Crippen LogP) is 3.87. The Kier molecular flexibility index (Phi) is 4.13. The van der Waals surface area contributed by atoms with Gasteiger partial charge in [0.05, 0.1) is 21.0 Å². The fraction of sp³-hybridized carbons (Fsp3) is 0.182. The lowest BCUT2D eigenvalue weighted by molar-refractivity contribution is 0.373. The third kappa shape index (κ3) is 2.97. The maximum Gasteiger partial charge on any atom is 0.301 e. The summed E-state index contributed by atoms with van der Waals surface area (Å²) in [6, 6.07) is 7.23. The van der Waals surface area contributed by atoms with Crippen LogP contribution in [0.25, 0.3) is 10.2 Å². The van der Waals surface area contributed by atoms with Gasteiger partial charge in [0, 0.05) is 12.2 Å². The summed E-state index contributed by atoms with van der Waals surface area (Å²) in [7, 11) is -1.55. The van der Waals surface area contributed by atoms with Gasteiger partial charge < -0.3 is 0 Å². The Morgan fingerprint density at radius 3 is 2.67 bits per heavy atom. The van der Waals surface area contributed by atoms with E-state index in [-0.39, 0.29) is 5.75 Å². The summed E-state index contributed by atoms with van der Waals surface area (Å²) in [6.07, 6.45) is -2.89. The maximum atomic E-state index is 12.6. The molecule has 1 atom stereocenters. The average molecular weight is 291 g/mol. The van der Waals surface area contributed by atoms with Crippen LogP contribution in [0.5, 0.6) is 0 Å². The van der Waals surface area contributed by atoms with Crippen molar-refractivity contribution in [1.29, 1.82) is 0 Å². The van der Waals surface area contributed by atoms with Crippen LogP contribution in [-0.4, -0.2) is 14.9 Å². The number of para-hydroxylation sites is 1. The molecule has 1 unspecified atom stereocenters. The number of thiazole rings is 1. The molecule has 1 aromatic heterocycles. The van der Waals surface area contributed by atoms with Gasteiger partial charge >= 0.3 is 6.08 Å². The number of aromatic nitrogens is 1. The Bertz CT molecular complexity index is 587. The van der Waals surface area contributed by atoms with E-state index >= 15 is 0 Å². The molecule has 18 heavy (non-hydrogen) atoms. The highest BCUT2D eigenvalue weighted by atomic mass is 32.2. The summed E-state index contributed by atoms with van der Waals surface area (Å²) < 4.78 is 49.2. The summed E-state index contributed by atoms with van der Waals surface area (Å²) in [6.45, 7) is 0. The smallest absolute Gasteiger partial charge is 0.252 e. The van der Waals surface area contributed by atoms with Gasteiger partial charge in [-0.3, -0.25) is 4.21 Å². The van der Waals surface area contributed by atoms with Crippen LogP contribution in [0.3, 0.4) is 0 Å². The van der Waals surface area contributed by atoms with Crippen molar-refractivity contribution in [3.05, 3.63) is 36.2 Å². The molecule has 0 spiro atoms. The molecular formula is C11H8F3NOS2. The van der Waals surface area contributed by atoms with Gasteiger partial charge in [0.2, 0.25) is 0 Å². The van der Waals surface area contributed by atoms with Crippen molar-refractivity contribution in [3.63, 3.8) is 0 Å². The van der Waals surface area contributed by atoms with Crippen molar-refractivity contribution in [2.24, 2.45) is 0 Å². The van der Waals surface area contributed by atoms with Crippen LogP contribution in [-0.2, 0) is 10.8 Å². The Balaban J connectivity index is 2.12. The summed E-state index contributed by atoms with van der Waals surface area (Å²) in [5.41, 5.74) is 0.707. The van der Waals surface area contributed by atoms with Gasteiger partial charge in [0.1, 0.15) is 0 Å². The van der Waals surface area contributed by atoms with Gasteiger partial charge in [-0.25, -0.2) is 9.37 Å². The average Bonchev–Trinajstić information content (AvgIpc) is 2.79. The molecule has 0 aliphatic heterocycles. The Labute approximate surface area is 108 Å². The second-order valence-electron chi connectivity index (χ2n) is 3.41. The van der Waals surface area contributed by atoms with E-state index in [9.17, 15) is 17.4 Å². The van der Waals surface area contributed by atoms with Gasteiger partial charge in [-0.05, 0) is 12.1 Å². The number of rotatable bonds is 4. The molecule has 1 aromatic carbocycles. The van der Waals surface area contributed by atoms with Crippen molar-refractivity contribution in [1.82, 2.24) is 4.98 Å². The van der Waals surface area contributed by atoms with E-state index in [1.54, 1.807) is 12.1 Å². The molecule has 0 fully saturated rings. The Hall–Kier alpha value is -1.21. The van der Waals surface area contributed by atoms with Crippen LogP contribution in [0.1, 0.15) is 6.42 Å². The molecule has 0 aliphatic carbocycles. The van der Waals surface area contributed by atoms with E-state index in [4.69, 9.17) is 0 Å². The van der Waals surface area contributed by atoms with Crippen molar-refractivity contribution in [2.75, 3.05) is 5.75 Å². The number of halogens is 3. The lowest BCUT2D eigenvalue weighted by Gasteiger charge is -1.95. The fourth-order valence-electron chi connectivity index (χ4n) is 1.31. The molecular weight excluding hydrogens is 283 g/mol. The zero-order valence-corrected chi connectivity index (χ0v) is 10.7. The number of nitrogens with zero attached hydrogens (tertiary/aromatic N) is 1. The summed E-state index contributed by atoms with van der Waals surface area (Å²) in [5, 5.41) is 0. The quantitative estimate of drug-likeness (QED) is 0.856. The van der Waals surface area contributed by atoms with Crippen LogP contribution in [0.2, 0.25) is 0 Å². The molecule has 0 aliphatic rings. The minimum Gasteiger partial charge on any atom is -0.252 e. The minimum atomic E-state index is -2.35. The minimum absolute atomic E-state index is 0.191. The highest BCUT2D eigenvalue weighted by Gasteiger charge is 2.13. The van der Waals surface area contributed by atoms with E-state index in [0.29, 0.717) is 9.86 Å². The first-order valence-corrected chi connectivity index (χ1v) is 7.15. The van der Waals surface area contributed by atoms with Gasteiger partial charge in [0.15, 0.2) is 10.2 Å². The molecule has 2 rings (SSSR count). The van der Waals surface area contributed by atoms with E-state index in [2.05, 4.69) is 4.98 Å². The van der Waals surface area contributed by atoms with Gasteiger partial charge in [0.25, 0.3) is 0 Å². The molecule has 0 N–H and O–H groups in total. The predicted molar refractivity (Wildman–Crippen MR) is 65.9 cm³/mol. The van der Waals surface area contributed by atoms with Crippen LogP contribution < -0.4 is 0 Å². The van der Waals surface area contributed by atoms with E-state index in [0.717, 1.165) is 4.70 Å². The van der Waals surface area contributed by atoms with E-state index < -0.39 is 29.1 Å². The highest BCUT2D eigenvalue weighted by Crippen LogP contribution is 2.25. The Morgan fingerprint density at radius 1 is 1.28 bits per heavy atom. The van der Waals surface area contributed by atoms with Gasteiger partial charge in [-0.2, -0.15) is 8.78 Å². The largest absolute Gasteiger partial charge is 0.301 e. The maximum absolute atomic E-state index is 12.6. The standard InChI is InChI=1S/C11H8F3NOS2/c12-7(10(13)14)5-6-18(16)11-15-8-3-1-2-4-9(8)17-11/h1-4H,5-6H2. The second kappa shape index (κ2) is 5.62. The number of hydrogen-bond donors (Lipinski definition) is 0. The number of allylic oxidation sites excluding steroid dienone is 1. The third-order valence-electron chi connectivity index (χ3n) is 2.18. The molecule has 2 aromatic rings. The summed E-state index contributed by atoms with van der Waals surface area (Å²) >= 11 is 1.23. The molecule has 7 heteroatoms. The van der Waals surface area contributed by atoms with E-state index in [1.165, 1.54) is 11.3 Å². The van der Waals surface area contributed by atoms with Gasteiger partial charge in [-0.1, -0.05) is 12.1 Å². The monoisotopic (exact) mass is 291 g/mol. The zero-order chi connectivity index (χ0) is 13.1. The van der Waals surface area contributed by atoms with Crippen molar-refractivity contribution >= 4 is 32.4 Å². The first-order chi connectivity index (χ1) is 8.58. The fourth-order valence-corrected chi connectivity index (χ4v) is 3.64. The summed E-state index contributed by atoms with van der Waals surface area (Å²) in [4.78, 5) is 4.13. The molecule has 0 amide bonds. The van der Waals surface area contributed by atoms with Crippen LogP contribution in [0.15, 0.2) is 40.5 Å². The Morgan fingerprint density at radius 2 is 2.00 bits per heavy atom. The lowest BCUT2D eigenvalue weighted by Crippen LogP contribution is -1.98. The summed E-state index contributed by atoms with van der Waals surface area (Å²) in [5.74, 6) is -1.70. The van der Waals surface area contributed by atoms with Crippen LogP contribution in [0.4, 0.5) is 13.2 Å². The van der Waals surface area contributed by atoms with Crippen molar-refractivity contribution in [3.8, 4) is 0 Å². The SMILES string of the molecule is O=S(CCC(F)=C(F)F)c1nc2ccccc2s1. The molecule has 2 nitrogen and oxygen atoms in total. The zero-order valence-electron chi connectivity index (χ0n) is 9.03. The topological polar surface area (TPSA) is 30.0 Å². The molecule has 96 valence electrons. The van der Waals surface area contributed by atoms with E-state index in [1.807, 2.05) is 12.1 Å². The number of hydrogen-bond acceptors (Lipinski definition) is 3.